The van der Waals surface area contributed by atoms with Gasteiger partial charge >= 0.3 is 6.18 Å². The molecule has 22 heavy (non-hydrogen) atoms. The van der Waals surface area contributed by atoms with Gasteiger partial charge in [0.05, 0.1) is 11.1 Å². The second-order valence-corrected chi connectivity index (χ2v) is 5.39. The lowest BCUT2D eigenvalue weighted by molar-refractivity contribution is -0.0683. The highest BCUT2D eigenvalue weighted by atomic mass is 19.4. The minimum absolute atomic E-state index is 0.0425. The topological polar surface area (TPSA) is 64.9 Å². The standard InChI is InChI=1S/C15H14F3N3O/c16-15(17,18)11(10-5-2-1-3-6-10)9-12-20-13(21-22-12)14(19)7-4-8-14/h1-3,5-6,9H,4,7-8,19H2/b11-9-. The Bertz CT molecular complexity index is 688. The molecular weight excluding hydrogens is 295 g/mol. The van der Waals surface area contributed by atoms with E-state index in [1.807, 2.05) is 0 Å². The van der Waals surface area contributed by atoms with E-state index >= 15 is 0 Å². The van der Waals surface area contributed by atoms with E-state index in [0.717, 1.165) is 12.5 Å². The van der Waals surface area contributed by atoms with Crippen molar-refractivity contribution in [3.8, 4) is 0 Å². The van der Waals surface area contributed by atoms with Gasteiger partial charge in [-0.05, 0) is 24.8 Å². The van der Waals surface area contributed by atoms with Gasteiger partial charge in [0.1, 0.15) is 0 Å². The van der Waals surface area contributed by atoms with E-state index < -0.39 is 17.3 Å². The first kappa shape index (κ1) is 14.8. The molecule has 0 bridgehead atoms. The molecule has 1 aliphatic carbocycles. The summed E-state index contributed by atoms with van der Waals surface area (Å²) in [4.78, 5) is 4.00. The van der Waals surface area contributed by atoms with E-state index in [2.05, 4.69) is 10.1 Å². The molecule has 116 valence electrons. The average molecular weight is 309 g/mol. The van der Waals surface area contributed by atoms with E-state index in [-0.39, 0.29) is 17.3 Å². The van der Waals surface area contributed by atoms with Crippen LogP contribution in [0.25, 0.3) is 11.6 Å². The number of hydrogen-bond acceptors (Lipinski definition) is 4. The van der Waals surface area contributed by atoms with Gasteiger partial charge in [0.15, 0.2) is 5.82 Å². The Hall–Kier alpha value is -2.15. The Kier molecular flexibility index (Phi) is 3.52. The summed E-state index contributed by atoms with van der Waals surface area (Å²) < 4.78 is 44.6. The van der Waals surface area contributed by atoms with Gasteiger partial charge in [0.25, 0.3) is 5.89 Å². The Balaban J connectivity index is 1.96. The number of nitrogens with two attached hydrogens (primary N) is 1. The van der Waals surface area contributed by atoms with Crippen molar-refractivity contribution in [3.63, 3.8) is 0 Å². The smallest absolute Gasteiger partial charge is 0.335 e. The summed E-state index contributed by atoms with van der Waals surface area (Å²) in [5.74, 6) is 0.0717. The lowest BCUT2D eigenvalue weighted by Crippen LogP contribution is -2.44. The molecule has 0 radical (unpaired) electrons. The van der Waals surface area contributed by atoms with Crippen LogP contribution >= 0.6 is 0 Å². The number of nitrogens with zero attached hydrogens (tertiary/aromatic N) is 2. The molecule has 1 heterocycles. The zero-order valence-corrected chi connectivity index (χ0v) is 11.6. The summed E-state index contributed by atoms with van der Waals surface area (Å²) in [6.07, 6.45) is -1.30. The molecule has 0 amide bonds. The fraction of sp³-hybridized carbons (Fsp3) is 0.333. The molecular formula is C15H14F3N3O. The molecule has 2 aromatic rings. The van der Waals surface area contributed by atoms with Crippen LogP contribution in [-0.4, -0.2) is 16.3 Å². The Morgan fingerprint density at radius 1 is 1.23 bits per heavy atom. The predicted octanol–water partition coefficient (Wildman–Crippen LogP) is 3.51. The average Bonchev–Trinajstić information content (AvgIpc) is 2.91. The summed E-state index contributed by atoms with van der Waals surface area (Å²) in [6.45, 7) is 0. The van der Waals surface area contributed by atoms with Gasteiger partial charge < -0.3 is 10.3 Å². The molecule has 1 aromatic heterocycles. The number of alkyl halides is 3. The molecule has 2 N–H and O–H groups in total. The summed E-state index contributed by atoms with van der Waals surface area (Å²) >= 11 is 0. The third kappa shape index (κ3) is 2.76. The predicted molar refractivity (Wildman–Crippen MR) is 74.4 cm³/mol. The molecule has 1 fully saturated rings. The van der Waals surface area contributed by atoms with Crippen LogP contribution in [0.5, 0.6) is 0 Å². The number of halogens is 3. The third-order valence-corrected chi connectivity index (χ3v) is 3.79. The number of benzene rings is 1. The van der Waals surface area contributed by atoms with Crippen LogP contribution in [0.2, 0.25) is 0 Å². The van der Waals surface area contributed by atoms with Crippen LogP contribution < -0.4 is 5.73 Å². The van der Waals surface area contributed by atoms with Crippen molar-refractivity contribution in [1.29, 1.82) is 0 Å². The summed E-state index contributed by atoms with van der Waals surface area (Å²) in [7, 11) is 0. The zero-order chi connectivity index (χ0) is 15.8. The molecule has 0 spiro atoms. The minimum atomic E-state index is -4.52. The lowest BCUT2D eigenvalue weighted by Gasteiger charge is -2.34. The maximum absolute atomic E-state index is 13.2. The number of aromatic nitrogens is 2. The molecule has 4 nitrogen and oxygen atoms in total. The third-order valence-electron chi connectivity index (χ3n) is 3.79. The molecule has 0 saturated heterocycles. The summed E-state index contributed by atoms with van der Waals surface area (Å²) in [6, 6.07) is 7.49. The maximum atomic E-state index is 13.2. The van der Waals surface area contributed by atoms with Crippen LogP contribution in [0.15, 0.2) is 34.9 Å². The fourth-order valence-electron chi connectivity index (χ4n) is 2.35. The van der Waals surface area contributed by atoms with Crippen molar-refractivity contribution in [2.24, 2.45) is 5.73 Å². The van der Waals surface area contributed by atoms with E-state index in [9.17, 15) is 13.2 Å². The SMILES string of the molecule is NC1(c2noc(/C=C(/c3ccccc3)C(F)(F)F)n2)CCC1. The van der Waals surface area contributed by atoms with Crippen molar-refractivity contribution in [1.82, 2.24) is 10.1 Å². The number of hydrogen-bond donors (Lipinski definition) is 1. The van der Waals surface area contributed by atoms with Gasteiger partial charge in [-0.15, -0.1) is 0 Å². The van der Waals surface area contributed by atoms with Crippen molar-refractivity contribution in [2.75, 3.05) is 0 Å². The summed E-state index contributed by atoms with van der Waals surface area (Å²) in [5, 5.41) is 3.72. The van der Waals surface area contributed by atoms with Crippen molar-refractivity contribution >= 4 is 11.6 Å². The van der Waals surface area contributed by atoms with E-state index in [1.165, 1.54) is 24.3 Å². The zero-order valence-electron chi connectivity index (χ0n) is 11.6. The van der Waals surface area contributed by atoms with Crippen molar-refractivity contribution < 1.29 is 17.7 Å². The van der Waals surface area contributed by atoms with Gasteiger partial charge in [0, 0.05) is 6.08 Å². The molecule has 0 atom stereocenters. The number of allylic oxidation sites excluding steroid dienone is 1. The van der Waals surface area contributed by atoms with Crippen LogP contribution in [0.3, 0.4) is 0 Å². The second kappa shape index (κ2) is 5.24. The van der Waals surface area contributed by atoms with E-state index in [0.29, 0.717) is 12.8 Å². The lowest BCUT2D eigenvalue weighted by atomic mass is 9.77. The highest BCUT2D eigenvalue weighted by molar-refractivity contribution is 5.82. The van der Waals surface area contributed by atoms with E-state index in [1.54, 1.807) is 6.07 Å². The molecule has 1 saturated carbocycles. The maximum Gasteiger partial charge on any atom is 0.417 e. The first-order valence-corrected chi connectivity index (χ1v) is 6.86. The molecule has 0 aliphatic heterocycles. The Morgan fingerprint density at radius 3 is 2.45 bits per heavy atom. The highest BCUT2D eigenvalue weighted by Crippen LogP contribution is 2.38. The molecule has 1 aromatic carbocycles. The Labute approximate surface area is 124 Å². The van der Waals surface area contributed by atoms with Crippen LogP contribution in [-0.2, 0) is 5.54 Å². The van der Waals surface area contributed by atoms with Gasteiger partial charge in [0.2, 0.25) is 0 Å². The van der Waals surface area contributed by atoms with Gasteiger partial charge in [-0.25, -0.2) is 0 Å². The Morgan fingerprint density at radius 2 is 1.91 bits per heavy atom. The van der Waals surface area contributed by atoms with Crippen LogP contribution in [0, 0.1) is 0 Å². The minimum Gasteiger partial charge on any atom is -0.335 e. The summed E-state index contributed by atoms with van der Waals surface area (Å²) in [5.41, 5.74) is 4.58. The molecule has 7 heteroatoms. The van der Waals surface area contributed by atoms with Gasteiger partial charge in [-0.2, -0.15) is 18.2 Å². The first-order chi connectivity index (χ1) is 10.4. The normalized spacial score (nSPS) is 18.1. The monoisotopic (exact) mass is 309 g/mol. The van der Waals surface area contributed by atoms with Gasteiger partial charge in [-0.1, -0.05) is 35.5 Å². The molecule has 0 unspecified atom stereocenters. The second-order valence-electron chi connectivity index (χ2n) is 5.39. The van der Waals surface area contributed by atoms with E-state index in [4.69, 9.17) is 10.3 Å². The van der Waals surface area contributed by atoms with Crippen molar-refractivity contribution in [2.45, 2.75) is 31.0 Å². The quantitative estimate of drug-likeness (QED) is 0.942. The number of rotatable bonds is 3. The largest absolute Gasteiger partial charge is 0.417 e. The first-order valence-electron chi connectivity index (χ1n) is 6.86. The fourth-order valence-corrected chi connectivity index (χ4v) is 2.35. The highest BCUT2D eigenvalue weighted by Gasteiger charge is 2.39. The van der Waals surface area contributed by atoms with Crippen molar-refractivity contribution in [3.05, 3.63) is 47.6 Å². The molecule has 3 rings (SSSR count). The van der Waals surface area contributed by atoms with Crippen LogP contribution in [0.4, 0.5) is 13.2 Å². The molecule has 1 aliphatic rings. The van der Waals surface area contributed by atoms with Crippen LogP contribution in [0.1, 0.15) is 36.5 Å². The van der Waals surface area contributed by atoms with Gasteiger partial charge in [-0.3, -0.25) is 0 Å².